The lowest BCUT2D eigenvalue weighted by Gasteiger charge is -2.31. The summed E-state index contributed by atoms with van der Waals surface area (Å²) in [6.45, 7) is 8.78. The van der Waals surface area contributed by atoms with Crippen LogP contribution >= 0.6 is 0 Å². The number of unbranched alkanes of at least 4 members (excludes halogenated alkanes) is 1. The molecule has 192 valence electrons. The molecule has 1 aliphatic heterocycles. The summed E-state index contributed by atoms with van der Waals surface area (Å²) < 4.78 is 5.61. The van der Waals surface area contributed by atoms with Gasteiger partial charge in [-0.25, -0.2) is 14.6 Å². The Kier molecular flexibility index (Phi) is 6.64. The molecule has 10 heteroatoms. The molecule has 37 heavy (non-hydrogen) atoms. The van der Waals surface area contributed by atoms with E-state index >= 15 is 0 Å². The van der Waals surface area contributed by atoms with Crippen LogP contribution in [0.5, 0.6) is 0 Å². The summed E-state index contributed by atoms with van der Waals surface area (Å²) in [5, 5.41) is 22.0. The second-order valence-electron chi connectivity index (χ2n) is 9.86. The summed E-state index contributed by atoms with van der Waals surface area (Å²) in [7, 11) is 0. The Balaban J connectivity index is 1.64. The van der Waals surface area contributed by atoms with Crippen LogP contribution in [0.15, 0.2) is 66.0 Å². The van der Waals surface area contributed by atoms with Crippen LogP contribution in [0.1, 0.15) is 56.5 Å². The molecule has 0 atom stereocenters. The van der Waals surface area contributed by atoms with Gasteiger partial charge in [-0.05, 0) is 68.1 Å². The molecule has 1 aromatic carbocycles. The highest BCUT2D eigenvalue weighted by Gasteiger charge is 2.32. The van der Waals surface area contributed by atoms with E-state index in [1.54, 1.807) is 4.57 Å². The fraction of sp³-hybridized carbons (Fsp3) is 0.370. The SMILES string of the molecule is CCCCc1cn(-c2c(C)cnn2C(C)C)c(=O)n1CC1(c2cccc(-c3nnn[nH]3)c2)C=CNC=C1. The number of benzene rings is 1. The van der Waals surface area contributed by atoms with Crippen molar-refractivity contribution < 1.29 is 0 Å². The molecule has 0 saturated heterocycles. The van der Waals surface area contributed by atoms with E-state index in [1.165, 1.54) is 0 Å². The molecular formula is C27H33N9O. The van der Waals surface area contributed by atoms with Crippen molar-refractivity contribution in [3.63, 3.8) is 0 Å². The molecule has 2 N–H and O–H groups in total. The highest BCUT2D eigenvalue weighted by Crippen LogP contribution is 2.33. The van der Waals surface area contributed by atoms with Crippen molar-refractivity contribution in [1.29, 1.82) is 0 Å². The number of rotatable bonds is 9. The zero-order valence-corrected chi connectivity index (χ0v) is 21.7. The van der Waals surface area contributed by atoms with E-state index in [0.29, 0.717) is 12.4 Å². The molecule has 0 aliphatic carbocycles. The zero-order valence-electron chi connectivity index (χ0n) is 21.7. The van der Waals surface area contributed by atoms with Gasteiger partial charge in [-0.1, -0.05) is 43.7 Å². The standard InChI is InChI=1S/C27H33N9O/c1-5-6-10-23-17-34(25-20(4)16-29-36(25)19(2)3)26(37)35(23)18-27(11-13-28-14-12-27)22-9-7-8-21(15-22)24-30-32-33-31-24/h7-9,11-17,19,28H,5-6,10,18H2,1-4H3,(H,30,31,32,33). The molecule has 5 rings (SSSR count). The number of tetrazole rings is 1. The number of hydrogen-bond acceptors (Lipinski definition) is 6. The average Bonchev–Trinajstić information content (AvgIpc) is 3.64. The first kappa shape index (κ1) is 24.5. The Morgan fingerprint density at radius 1 is 1.16 bits per heavy atom. The van der Waals surface area contributed by atoms with Gasteiger partial charge in [0.1, 0.15) is 5.82 Å². The highest BCUT2D eigenvalue weighted by molar-refractivity contribution is 5.57. The minimum Gasteiger partial charge on any atom is -0.368 e. The van der Waals surface area contributed by atoms with E-state index < -0.39 is 5.41 Å². The van der Waals surface area contributed by atoms with Crippen LogP contribution in [0.4, 0.5) is 0 Å². The largest absolute Gasteiger partial charge is 0.368 e. The number of nitrogens with one attached hydrogen (secondary N) is 2. The van der Waals surface area contributed by atoms with Gasteiger partial charge in [-0.2, -0.15) is 5.10 Å². The van der Waals surface area contributed by atoms with Crippen LogP contribution in [0.25, 0.3) is 17.2 Å². The summed E-state index contributed by atoms with van der Waals surface area (Å²) in [4.78, 5) is 14.1. The van der Waals surface area contributed by atoms with Crippen LogP contribution in [0.2, 0.25) is 0 Å². The third-order valence-electron chi connectivity index (χ3n) is 6.90. The Labute approximate surface area is 215 Å². The second kappa shape index (κ2) is 10.0. The maximum absolute atomic E-state index is 14.1. The Bertz CT molecular complexity index is 1470. The van der Waals surface area contributed by atoms with Crippen molar-refractivity contribution >= 4 is 0 Å². The van der Waals surface area contributed by atoms with Crippen molar-refractivity contribution in [2.75, 3.05) is 0 Å². The summed E-state index contributed by atoms with van der Waals surface area (Å²) in [5.41, 5.74) is 3.30. The van der Waals surface area contributed by atoms with Crippen LogP contribution in [0.3, 0.4) is 0 Å². The van der Waals surface area contributed by atoms with E-state index in [2.05, 4.69) is 76.1 Å². The van der Waals surface area contributed by atoms with Crippen LogP contribution in [-0.4, -0.2) is 39.5 Å². The number of aromatic amines is 1. The molecule has 0 unspecified atom stereocenters. The number of aryl methyl sites for hydroxylation is 2. The quantitative estimate of drug-likeness (QED) is 0.362. The summed E-state index contributed by atoms with van der Waals surface area (Å²) in [6, 6.07) is 8.26. The first-order valence-corrected chi connectivity index (χ1v) is 12.7. The van der Waals surface area contributed by atoms with Gasteiger partial charge >= 0.3 is 5.69 Å². The topological polar surface area (TPSA) is 111 Å². The Morgan fingerprint density at radius 2 is 1.97 bits per heavy atom. The number of aromatic nitrogens is 8. The van der Waals surface area contributed by atoms with E-state index in [0.717, 1.165) is 47.5 Å². The van der Waals surface area contributed by atoms with Gasteiger partial charge in [0.25, 0.3) is 0 Å². The molecule has 4 aromatic rings. The maximum Gasteiger partial charge on any atom is 0.334 e. The monoisotopic (exact) mass is 499 g/mol. The minimum atomic E-state index is -0.543. The van der Waals surface area contributed by atoms with Gasteiger partial charge in [0.05, 0.1) is 11.6 Å². The number of H-pyrrole nitrogens is 1. The molecule has 0 fully saturated rings. The van der Waals surface area contributed by atoms with Crippen LogP contribution < -0.4 is 11.0 Å². The number of allylic oxidation sites excluding steroid dienone is 2. The van der Waals surface area contributed by atoms with Crippen LogP contribution in [-0.2, 0) is 18.4 Å². The molecule has 0 bridgehead atoms. The predicted octanol–water partition coefficient (Wildman–Crippen LogP) is 3.82. The third-order valence-corrected chi connectivity index (χ3v) is 6.90. The fourth-order valence-corrected chi connectivity index (χ4v) is 4.92. The van der Waals surface area contributed by atoms with E-state index in [-0.39, 0.29) is 11.7 Å². The van der Waals surface area contributed by atoms with Crippen molar-refractivity contribution in [2.24, 2.45) is 0 Å². The average molecular weight is 500 g/mol. The molecular weight excluding hydrogens is 466 g/mol. The lowest BCUT2D eigenvalue weighted by atomic mass is 9.78. The minimum absolute atomic E-state index is 0.0631. The van der Waals surface area contributed by atoms with E-state index in [4.69, 9.17) is 0 Å². The number of imidazole rings is 1. The molecule has 4 heterocycles. The van der Waals surface area contributed by atoms with Crippen molar-refractivity contribution in [3.8, 4) is 17.2 Å². The third kappa shape index (κ3) is 4.54. The highest BCUT2D eigenvalue weighted by atomic mass is 16.1. The van der Waals surface area contributed by atoms with Gasteiger partial charge in [0.15, 0.2) is 5.82 Å². The summed E-state index contributed by atoms with van der Waals surface area (Å²) in [6.07, 6.45) is 14.8. The van der Waals surface area contributed by atoms with Gasteiger partial charge in [0.2, 0.25) is 0 Å². The Morgan fingerprint density at radius 3 is 2.68 bits per heavy atom. The molecule has 3 aromatic heterocycles. The first-order valence-electron chi connectivity index (χ1n) is 12.7. The molecule has 0 amide bonds. The van der Waals surface area contributed by atoms with E-state index in [1.807, 2.05) is 53.1 Å². The lowest BCUT2D eigenvalue weighted by molar-refractivity contribution is 0.490. The van der Waals surface area contributed by atoms with E-state index in [9.17, 15) is 4.79 Å². The molecule has 0 radical (unpaired) electrons. The van der Waals surface area contributed by atoms with Gasteiger partial charge < -0.3 is 5.32 Å². The van der Waals surface area contributed by atoms with Crippen molar-refractivity contribution in [2.45, 2.75) is 65.0 Å². The van der Waals surface area contributed by atoms with Gasteiger partial charge in [-0.3, -0.25) is 9.13 Å². The van der Waals surface area contributed by atoms with Crippen molar-refractivity contribution in [3.05, 3.63) is 88.5 Å². The Hall–Kier alpha value is -4.21. The summed E-state index contributed by atoms with van der Waals surface area (Å²) in [5.74, 6) is 1.42. The van der Waals surface area contributed by atoms with Gasteiger partial charge in [0, 0.05) is 35.6 Å². The van der Waals surface area contributed by atoms with Gasteiger partial charge in [-0.15, -0.1) is 5.10 Å². The van der Waals surface area contributed by atoms with Crippen LogP contribution in [0, 0.1) is 6.92 Å². The molecule has 10 nitrogen and oxygen atoms in total. The number of dihydropyridines is 1. The summed E-state index contributed by atoms with van der Waals surface area (Å²) >= 11 is 0. The fourth-order valence-electron chi connectivity index (χ4n) is 4.92. The first-order chi connectivity index (χ1) is 17.9. The number of nitrogens with zero attached hydrogens (tertiary/aromatic N) is 7. The molecule has 0 saturated carbocycles. The van der Waals surface area contributed by atoms with Crippen molar-refractivity contribution in [1.82, 2.24) is 44.9 Å². The maximum atomic E-state index is 14.1. The second-order valence-corrected chi connectivity index (χ2v) is 9.86. The molecule has 0 spiro atoms. The lowest BCUT2D eigenvalue weighted by Crippen LogP contribution is -2.36. The normalized spacial score (nSPS) is 14.4. The molecule has 1 aliphatic rings. The smallest absolute Gasteiger partial charge is 0.334 e. The predicted molar refractivity (Wildman–Crippen MR) is 142 cm³/mol. The number of hydrogen-bond donors (Lipinski definition) is 2. The zero-order chi connectivity index (χ0) is 26.0.